The number of aromatic carboxylic acids is 1. The van der Waals surface area contributed by atoms with Gasteiger partial charge in [-0.15, -0.1) is 0 Å². The number of nitrogens with one attached hydrogen (secondary N) is 3. The van der Waals surface area contributed by atoms with Crippen LogP contribution in [0, 0.1) is 0 Å². The molecule has 0 saturated carbocycles. The average Bonchev–Trinajstić information content (AvgIpc) is 2.90. The van der Waals surface area contributed by atoms with Crippen LogP contribution >= 0.6 is 0 Å². The number of benzene rings is 2. The van der Waals surface area contributed by atoms with Gasteiger partial charge in [0.25, 0.3) is 5.91 Å². The molecule has 186 valence electrons. The summed E-state index contributed by atoms with van der Waals surface area (Å²) in [5.41, 5.74) is 8.63. The Labute approximate surface area is 208 Å². The molecule has 10 heteroatoms. The molecule has 0 atom stereocenters. The molecule has 3 rings (SSSR count). The number of carbonyl (C=O) groups is 3. The van der Waals surface area contributed by atoms with E-state index in [-0.39, 0.29) is 48.5 Å². The maximum atomic E-state index is 12.5. The second kappa shape index (κ2) is 13.2. The van der Waals surface area contributed by atoms with Crippen LogP contribution in [0.3, 0.4) is 0 Å². The van der Waals surface area contributed by atoms with Crippen LogP contribution in [-0.2, 0) is 24.4 Å². The highest BCUT2D eigenvalue weighted by atomic mass is 16.4. The monoisotopic (exact) mass is 488 g/mol. The fourth-order valence-corrected chi connectivity index (χ4v) is 3.14. The highest BCUT2D eigenvalue weighted by Gasteiger charge is 2.09. The first kappa shape index (κ1) is 25.9. The van der Waals surface area contributed by atoms with Crippen molar-refractivity contribution >= 4 is 23.7 Å². The van der Waals surface area contributed by atoms with E-state index in [1.165, 1.54) is 12.1 Å². The second-order valence-electron chi connectivity index (χ2n) is 7.84. The minimum Gasteiger partial charge on any atom is -0.478 e. The van der Waals surface area contributed by atoms with Crippen LogP contribution in [0.15, 0.2) is 77.8 Å². The quantitative estimate of drug-likeness (QED) is 0.203. The Hall–Kier alpha value is -4.73. The first-order chi connectivity index (χ1) is 17.4. The number of aliphatic imine (C=N–C) groups is 1. The van der Waals surface area contributed by atoms with Gasteiger partial charge in [0, 0.05) is 26.1 Å². The lowest BCUT2D eigenvalue weighted by molar-refractivity contribution is -0.121. The second-order valence-corrected chi connectivity index (χ2v) is 7.84. The first-order valence-electron chi connectivity index (χ1n) is 11.3. The van der Waals surface area contributed by atoms with Gasteiger partial charge in [-0.1, -0.05) is 48.5 Å². The van der Waals surface area contributed by atoms with E-state index < -0.39 is 5.97 Å². The Bertz CT molecular complexity index is 1210. The molecule has 1 heterocycles. The smallest absolute Gasteiger partial charge is 0.335 e. The SMILES string of the molecule is NC(=NCc1cccc(C(=O)NCc2ccc(C(=O)O)cc2)n1)NCCC(=O)NCc1ccccc1. The van der Waals surface area contributed by atoms with Gasteiger partial charge in [0.05, 0.1) is 17.8 Å². The van der Waals surface area contributed by atoms with Crippen molar-refractivity contribution in [2.45, 2.75) is 26.1 Å². The van der Waals surface area contributed by atoms with E-state index in [0.717, 1.165) is 11.1 Å². The number of hydrogen-bond donors (Lipinski definition) is 5. The number of nitrogens with two attached hydrogens (primary N) is 1. The molecule has 0 fully saturated rings. The van der Waals surface area contributed by atoms with E-state index in [2.05, 4.69) is 25.9 Å². The number of nitrogens with zero attached hydrogens (tertiary/aromatic N) is 2. The molecule has 0 saturated heterocycles. The third kappa shape index (κ3) is 8.56. The first-order valence-corrected chi connectivity index (χ1v) is 11.3. The Morgan fingerprint density at radius 1 is 0.833 bits per heavy atom. The molecule has 0 bridgehead atoms. The number of carbonyl (C=O) groups excluding carboxylic acids is 2. The summed E-state index contributed by atoms with van der Waals surface area (Å²) in [7, 11) is 0. The fourth-order valence-electron chi connectivity index (χ4n) is 3.14. The minimum atomic E-state index is -1.01. The number of pyridine rings is 1. The zero-order chi connectivity index (χ0) is 25.8. The molecular formula is C26H28N6O4. The molecule has 3 aromatic rings. The third-order valence-corrected chi connectivity index (χ3v) is 5.10. The van der Waals surface area contributed by atoms with Crippen LogP contribution in [0.4, 0.5) is 0 Å². The van der Waals surface area contributed by atoms with Gasteiger partial charge in [-0.3, -0.25) is 9.59 Å². The van der Waals surface area contributed by atoms with Crippen molar-refractivity contribution in [3.05, 3.63) is 101 Å². The maximum absolute atomic E-state index is 12.5. The van der Waals surface area contributed by atoms with E-state index in [1.807, 2.05) is 30.3 Å². The van der Waals surface area contributed by atoms with E-state index in [4.69, 9.17) is 10.8 Å². The summed E-state index contributed by atoms with van der Waals surface area (Å²) in [6, 6.07) is 20.9. The number of hydrogen-bond acceptors (Lipinski definition) is 5. The van der Waals surface area contributed by atoms with Crippen LogP contribution in [0.5, 0.6) is 0 Å². The number of carboxylic acid groups (broad SMARTS) is 1. The summed E-state index contributed by atoms with van der Waals surface area (Å²) in [5.74, 6) is -1.30. The highest BCUT2D eigenvalue weighted by Crippen LogP contribution is 2.06. The van der Waals surface area contributed by atoms with Gasteiger partial charge >= 0.3 is 5.97 Å². The minimum absolute atomic E-state index is 0.0997. The molecule has 1 aromatic heterocycles. The van der Waals surface area contributed by atoms with Crippen molar-refractivity contribution in [1.29, 1.82) is 0 Å². The predicted octanol–water partition coefficient (Wildman–Crippen LogP) is 1.82. The molecular weight excluding hydrogens is 460 g/mol. The van der Waals surface area contributed by atoms with Crippen LogP contribution < -0.4 is 21.7 Å². The zero-order valence-electron chi connectivity index (χ0n) is 19.6. The van der Waals surface area contributed by atoms with Crippen LogP contribution in [0.25, 0.3) is 0 Å². The summed E-state index contributed by atoms with van der Waals surface area (Å²) < 4.78 is 0. The molecule has 2 amide bonds. The molecule has 0 radical (unpaired) electrons. The van der Waals surface area contributed by atoms with Crippen LogP contribution in [0.2, 0.25) is 0 Å². The number of carboxylic acids is 1. The fraction of sp³-hybridized carbons (Fsp3) is 0.192. The van der Waals surface area contributed by atoms with Gasteiger partial charge in [0.15, 0.2) is 5.96 Å². The van der Waals surface area contributed by atoms with Crippen molar-refractivity contribution < 1.29 is 19.5 Å². The van der Waals surface area contributed by atoms with Crippen molar-refractivity contribution in [3.63, 3.8) is 0 Å². The van der Waals surface area contributed by atoms with Gasteiger partial charge in [-0.25, -0.2) is 14.8 Å². The predicted molar refractivity (Wildman–Crippen MR) is 135 cm³/mol. The molecule has 10 nitrogen and oxygen atoms in total. The standard InChI is InChI=1S/C26H28N6O4/c27-26(28-14-13-23(33)29-15-18-5-2-1-3-6-18)31-17-21-7-4-8-22(32-21)24(34)30-16-19-9-11-20(12-10-19)25(35)36/h1-12H,13-17H2,(H,29,33)(H,30,34)(H,35,36)(H3,27,28,31). The van der Waals surface area contributed by atoms with Crippen LogP contribution in [-0.4, -0.2) is 40.4 Å². The van der Waals surface area contributed by atoms with Gasteiger partial charge < -0.3 is 26.8 Å². The Morgan fingerprint density at radius 2 is 1.53 bits per heavy atom. The topological polar surface area (TPSA) is 159 Å². The summed E-state index contributed by atoms with van der Waals surface area (Å²) >= 11 is 0. The maximum Gasteiger partial charge on any atom is 0.335 e. The molecule has 0 spiro atoms. The van der Waals surface area contributed by atoms with Crippen molar-refractivity contribution in [2.75, 3.05) is 6.54 Å². The summed E-state index contributed by atoms with van der Waals surface area (Å²) in [5, 5.41) is 17.4. The number of aromatic nitrogens is 1. The molecule has 0 aliphatic rings. The van der Waals surface area contributed by atoms with E-state index in [9.17, 15) is 14.4 Å². The lowest BCUT2D eigenvalue weighted by Gasteiger charge is -2.08. The summed E-state index contributed by atoms with van der Waals surface area (Å²) in [4.78, 5) is 43.9. The van der Waals surface area contributed by atoms with Crippen LogP contribution in [0.1, 0.15) is 44.1 Å². The Morgan fingerprint density at radius 3 is 2.25 bits per heavy atom. The Kier molecular flexibility index (Phi) is 9.51. The van der Waals surface area contributed by atoms with Crippen molar-refractivity contribution in [3.8, 4) is 0 Å². The van der Waals surface area contributed by atoms with Gasteiger partial charge in [-0.05, 0) is 35.4 Å². The normalized spacial score (nSPS) is 10.9. The number of amides is 2. The summed E-state index contributed by atoms with van der Waals surface area (Å²) in [6.07, 6.45) is 0.246. The van der Waals surface area contributed by atoms with Gasteiger partial charge in [0.2, 0.25) is 5.91 Å². The lowest BCUT2D eigenvalue weighted by atomic mass is 10.1. The lowest BCUT2D eigenvalue weighted by Crippen LogP contribution is -2.35. The van der Waals surface area contributed by atoms with Crippen molar-refractivity contribution in [2.24, 2.45) is 10.7 Å². The highest BCUT2D eigenvalue weighted by molar-refractivity contribution is 5.92. The molecule has 36 heavy (non-hydrogen) atoms. The largest absolute Gasteiger partial charge is 0.478 e. The molecule has 0 aliphatic carbocycles. The van der Waals surface area contributed by atoms with Crippen molar-refractivity contribution in [1.82, 2.24) is 20.9 Å². The average molecular weight is 489 g/mol. The molecule has 0 aliphatic heterocycles. The van der Waals surface area contributed by atoms with E-state index >= 15 is 0 Å². The Balaban J connectivity index is 1.41. The summed E-state index contributed by atoms with van der Waals surface area (Å²) in [6.45, 7) is 1.20. The number of rotatable bonds is 11. The van der Waals surface area contributed by atoms with Gasteiger partial charge in [-0.2, -0.15) is 0 Å². The van der Waals surface area contributed by atoms with Gasteiger partial charge in [0.1, 0.15) is 5.69 Å². The number of guanidine groups is 1. The molecule has 0 unspecified atom stereocenters. The van der Waals surface area contributed by atoms with E-state index in [0.29, 0.717) is 18.8 Å². The zero-order valence-corrected chi connectivity index (χ0v) is 19.6. The molecule has 6 N–H and O–H groups in total. The molecule has 2 aromatic carbocycles. The van der Waals surface area contributed by atoms with E-state index in [1.54, 1.807) is 30.3 Å². The third-order valence-electron chi connectivity index (χ3n) is 5.10.